The zero-order chi connectivity index (χ0) is 13.4. The van der Waals surface area contributed by atoms with E-state index < -0.39 is 0 Å². The van der Waals surface area contributed by atoms with Gasteiger partial charge in [-0.3, -0.25) is 4.79 Å². The fourth-order valence-corrected chi connectivity index (χ4v) is 1.59. The molecule has 0 amide bonds. The van der Waals surface area contributed by atoms with Gasteiger partial charge in [0.2, 0.25) is 0 Å². The van der Waals surface area contributed by atoms with Gasteiger partial charge in [0.05, 0.1) is 21.1 Å². The van der Waals surface area contributed by atoms with E-state index in [0.29, 0.717) is 13.0 Å². The van der Waals surface area contributed by atoms with E-state index in [1.54, 1.807) is 0 Å². The highest BCUT2D eigenvalue weighted by atomic mass is 16.5. The van der Waals surface area contributed by atoms with E-state index >= 15 is 0 Å². The van der Waals surface area contributed by atoms with Crippen LogP contribution < -0.4 is 0 Å². The molecule has 0 saturated heterocycles. The highest BCUT2D eigenvalue weighted by Crippen LogP contribution is 2.05. The van der Waals surface area contributed by atoms with Gasteiger partial charge in [-0.2, -0.15) is 0 Å². The third-order valence-electron chi connectivity index (χ3n) is 2.71. The summed E-state index contributed by atoms with van der Waals surface area (Å²) in [5.41, 5.74) is 1.27. The van der Waals surface area contributed by atoms with Crippen molar-refractivity contribution in [1.82, 2.24) is 0 Å². The van der Waals surface area contributed by atoms with Gasteiger partial charge < -0.3 is 9.22 Å². The molecule has 3 heteroatoms. The van der Waals surface area contributed by atoms with Crippen LogP contribution in [0.3, 0.4) is 0 Å². The van der Waals surface area contributed by atoms with Crippen molar-refractivity contribution in [2.45, 2.75) is 19.3 Å². The summed E-state index contributed by atoms with van der Waals surface area (Å²) in [5, 5.41) is 0. The normalized spacial score (nSPS) is 11.3. The van der Waals surface area contributed by atoms with Crippen molar-refractivity contribution in [3.63, 3.8) is 0 Å². The Labute approximate surface area is 110 Å². The number of hydrogen-bond acceptors (Lipinski definition) is 2. The molecule has 0 aliphatic carbocycles. The molecule has 1 aromatic carbocycles. The second kappa shape index (κ2) is 7.17. The van der Waals surface area contributed by atoms with E-state index in [1.807, 2.05) is 18.2 Å². The number of nitrogens with zero attached hydrogens (tertiary/aromatic N) is 1. The van der Waals surface area contributed by atoms with Crippen LogP contribution in [0.4, 0.5) is 0 Å². The summed E-state index contributed by atoms with van der Waals surface area (Å²) < 4.78 is 6.02. The van der Waals surface area contributed by atoms with Gasteiger partial charge in [-0.05, 0) is 18.4 Å². The lowest BCUT2D eigenvalue weighted by molar-refractivity contribution is -0.870. The quantitative estimate of drug-likeness (QED) is 0.548. The predicted octanol–water partition coefficient (Wildman–Crippen LogP) is 2.26. The maximum Gasteiger partial charge on any atom is 0.306 e. The molecule has 0 atom stereocenters. The zero-order valence-corrected chi connectivity index (χ0v) is 11.7. The van der Waals surface area contributed by atoms with Crippen molar-refractivity contribution in [3.8, 4) is 0 Å². The molecular formula is C15H24NO2+. The third-order valence-corrected chi connectivity index (χ3v) is 2.71. The van der Waals surface area contributed by atoms with Crippen LogP contribution in [0.2, 0.25) is 0 Å². The number of likely N-dealkylation sites (N-methyl/N-ethyl adjacent to an activating group) is 1. The first-order valence-corrected chi connectivity index (χ1v) is 6.47. The minimum atomic E-state index is -0.0839. The molecule has 18 heavy (non-hydrogen) atoms. The van der Waals surface area contributed by atoms with Gasteiger partial charge >= 0.3 is 5.97 Å². The highest BCUT2D eigenvalue weighted by molar-refractivity contribution is 5.69. The minimum Gasteiger partial charge on any atom is -0.460 e. The number of carbonyl (C=O) groups is 1. The number of carbonyl (C=O) groups excluding carboxylic acids is 1. The van der Waals surface area contributed by atoms with E-state index in [-0.39, 0.29) is 5.97 Å². The van der Waals surface area contributed by atoms with Crippen molar-refractivity contribution < 1.29 is 14.0 Å². The molecule has 0 saturated carbocycles. The molecule has 0 aromatic heterocycles. The number of hydrogen-bond donors (Lipinski definition) is 0. The summed E-state index contributed by atoms with van der Waals surface area (Å²) in [5.74, 6) is -0.0839. The second-order valence-electron chi connectivity index (χ2n) is 5.57. The number of rotatable bonds is 7. The van der Waals surface area contributed by atoms with E-state index in [2.05, 4.69) is 33.3 Å². The van der Waals surface area contributed by atoms with Crippen LogP contribution in [0, 0.1) is 0 Å². The number of benzene rings is 1. The van der Waals surface area contributed by atoms with E-state index in [0.717, 1.165) is 23.9 Å². The summed E-state index contributed by atoms with van der Waals surface area (Å²) in [6, 6.07) is 10.2. The lowest BCUT2D eigenvalue weighted by atomic mass is 10.1. The molecule has 100 valence electrons. The zero-order valence-electron chi connectivity index (χ0n) is 11.7. The van der Waals surface area contributed by atoms with Gasteiger partial charge in [-0.15, -0.1) is 0 Å². The Balaban J connectivity index is 2.11. The lowest BCUT2D eigenvalue weighted by Crippen LogP contribution is -2.38. The average Bonchev–Trinajstić information content (AvgIpc) is 2.28. The van der Waals surface area contributed by atoms with Crippen LogP contribution in [-0.4, -0.2) is 44.7 Å². The fourth-order valence-electron chi connectivity index (χ4n) is 1.59. The fraction of sp³-hybridized carbons (Fsp3) is 0.533. The number of quaternary nitrogens is 1. The molecule has 0 unspecified atom stereocenters. The highest BCUT2D eigenvalue weighted by Gasteiger charge is 2.09. The molecule has 0 bridgehead atoms. The third kappa shape index (κ3) is 7.07. The number of ether oxygens (including phenoxy) is 1. The van der Waals surface area contributed by atoms with E-state index in [1.165, 1.54) is 5.56 Å². The summed E-state index contributed by atoms with van der Waals surface area (Å²) in [6.07, 6.45) is 2.30. The molecular weight excluding hydrogens is 226 g/mol. The van der Waals surface area contributed by atoms with Gasteiger partial charge in [0.1, 0.15) is 13.2 Å². The number of esters is 1. The molecule has 0 aliphatic heterocycles. The van der Waals surface area contributed by atoms with Crippen LogP contribution in [-0.2, 0) is 16.0 Å². The van der Waals surface area contributed by atoms with Crippen LogP contribution in [0.5, 0.6) is 0 Å². The molecule has 0 spiro atoms. The molecule has 0 radical (unpaired) electrons. The first kappa shape index (κ1) is 14.7. The molecule has 1 rings (SSSR count). The standard InChI is InChI=1S/C15H24NO2/c1-16(2,3)12-13-18-15(17)11-7-10-14-8-5-4-6-9-14/h4-6,8-9H,7,10-13H2,1-3H3/q+1. The molecule has 0 fully saturated rings. The summed E-state index contributed by atoms with van der Waals surface area (Å²) in [4.78, 5) is 11.5. The van der Waals surface area contributed by atoms with E-state index in [4.69, 9.17) is 4.74 Å². The molecule has 0 heterocycles. The lowest BCUT2D eigenvalue weighted by Gasteiger charge is -2.23. The molecule has 3 nitrogen and oxygen atoms in total. The molecule has 0 N–H and O–H groups in total. The Hall–Kier alpha value is -1.35. The van der Waals surface area contributed by atoms with Crippen molar-refractivity contribution in [2.75, 3.05) is 34.3 Å². The second-order valence-corrected chi connectivity index (χ2v) is 5.57. The van der Waals surface area contributed by atoms with Crippen LogP contribution in [0.1, 0.15) is 18.4 Å². The van der Waals surface area contributed by atoms with Crippen LogP contribution >= 0.6 is 0 Å². The van der Waals surface area contributed by atoms with Gasteiger partial charge in [-0.1, -0.05) is 30.3 Å². The SMILES string of the molecule is C[N+](C)(C)CCOC(=O)CCCc1ccccc1. The van der Waals surface area contributed by atoms with Crippen LogP contribution in [0.15, 0.2) is 30.3 Å². The topological polar surface area (TPSA) is 26.3 Å². The first-order valence-electron chi connectivity index (χ1n) is 6.47. The Morgan fingerprint density at radius 3 is 2.44 bits per heavy atom. The van der Waals surface area contributed by atoms with Gasteiger partial charge in [0.25, 0.3) is 0 Å². The summed E-state index contributed by atoms with van der Waals surface area (Å²) in [7, 11) is 6.26. The van der Waals surface area contributed by atoms with Gasteiger partial charge in [0.15, 0.2) is 0 Å². The number of aryl methyl sites for hydroxylation is 1. The Morgan fingerprint density at radius 1 is 1.17 bits per heavy atom. The summed E-state index contributed by atoms with van der Waals surface area (Å²) in [6.45, 7) is 1.36. The molecule has 0 aliphatic rings. The van der Waals surface area contributed by atoms with Crippen molar-refractivity contribution in [1.29, 1.82) is 0 Å². The maximum absolute atomic E-state index is 11.5. The van der Waals surface area contributed by atoms with E-state index in [9.17, 15) is 4.79 Å². The molecule has 1 aromatic rings. The largest absolute Gasteiger partial charge is 0.460 e. The monoisotopic (exact) mass is 250 g/mol. The van der Waals surface area contributed by atoms with Crippen molar-refractivity contribution in [2.24, 2.45) is 0 Å². The van der Waals surface area contributed by atoms with Crippen molar-refractivity contribution >= 4 is 5.97 Å². The minimum absolute atomic E-state index is 0.0839. The predicted molar refractivity (Wildman–Crippen MR) is 73.2 cm³/mol. The summed E-state index contributed by atoms with van der Waals surface area (Å²) >= 11 is 0. The Bertz CT molecular complexity index is 355. The Kier molecular flexibility index (Phi) is 5.86. The van der Waals surface area contributed by atoms with Crippen LogP contribution in [0.25, 0.3) is 0 Å². The van der Waals surface area contributed by atoms with Crippen molar-refractivity contribution in [3.05, 3.63) is 35.9 Å². The smallest absolute Gasteiger partial charge is 0.306 e. The first-order chi connectivity index (χ1) is 8.47. The van der Waals surface area contributed by atoms with Gasteiger partial charge in [-0.25, -0.2) is 0 Å². The average molecular weight is 250 g/mol. The van der Waals surface area contributed by atoms with Gasteiger partial charge in [0, 0.05) is 6.42 Å². The Morgan fingerprint density at radius 2 is 1.83 bits per heavy atom. The maximum atomic E-state index is 11.5.